The third kappa shape index (κ3) is 1.79. The quantitative estimate of drug-likeness (QED) is 0.745. The first-order chi connectivity index (χ1) is 5.06. The lowest BCUT2D eigenvalue weighted by atomic mass is 9.97. The first kappa shape index (κ1) is 8.69. The maximum absolute atomic E-state index is 8.76. The summed E-state index contributed by atoms with van der Waals surface area (Å²) in [7, 11) is 0. The fraction of sp³-hybridized carbons (Fsp3) is 0.429. The summed E-state index contributed by atoms with van der Waals surface area (Å²) >= 11 is 4.74. The van der Waals surface area contributed by atoms with Crippen LogP contribution in [0, 0.1) is 11.3 Å². The Balaban J connectivity index is 3.04. The average Bonchev–Trinajstić information content (AvgIpc) is 2.36. The van der Waals surface area contributed by atoms with E-state index in [1.807, 2.05) is 19.2 Å². The molecule has 0 atom stereocenters. The van der Waals surface area contributed by atoms with Gasteiger partial charge in [0.05, 0.1) is 6.07 Å². The zero-order chi connectivity index (χ0) is 8.48. The van der Waals surface area contributed by atoms with Crippen LogP contribution >= 0.6 is 27.3 Å². The molecule has 11 heavy (non-hydrogen) atoms. The Bertz CT molecular complexity index is 298. The molecule has 0 bridgehead atoms. The molecule has 0 unspecified atom stereocenters. The standard InChI is InChI=1S/C7H7BrN2S/c1-7(2,4-9)6-10-5(8)3-11-6/h3H,1-2H3. The molecule has 0 N–H and O–H groups in total. The van der Waals surface area contributed by atoms with Gasteiger partial charge >= 0.3 is 0 Å². The van der Waals surface area contributed by atoms with Gasteiger partial charge < -0.3 is 0 Å². The highest BCUT2D eigenvalue weighted by atomic mass is 79.9. The molecule has 0 aliphatic heterocycles. The normalized spacial score (nSPS) is 11.1. The molecular weight excluding hydrogens is 224 g/mol. The number of hydrogen-bond acceptors (Lipinski definition) is 3. The van der Waals surface area contributed by atoms with Crippen LogP contribution < -0.4 is 0 Å². The monoisotopic (exact) mass is 230 g/mol. The summed E-state index contributed by atoms with van der Waals surface area (Å²) in [4.78, 5) is 4.17. The minimum atomic E-state index is -0.462. The Morgan fingerprint density at radius 2 is 2.36 bits per heavy atom. The summed E-state index contributed by atoms with van der Waals surface area (Å²) in [5.74, 6) is 0. The molecule has 58 valence electrons. The van der Waals surface area contributed by atoms with Crippen LogP contribution in [0.15, 0.2) is 9.98 Å². The Labute approximate surface area is 78.0 Å². The Kier molecular flexibility index (Phi) is 2.31. The molecule has 2 nitrogen and oxygen atoms in total. The van der Waals surface area contributed by atoms with Crippen LogP contribution in [0.2, 0.25) is 0 Å². The summed E-state index contributed by atoms with van der Waals surface area (Å²) < 4.78 is 0.806. The van der Waals surface area contributed by atoms with Crippen molar-refractivity contribution >= 4 is 27.3 Å². The number of hydrogen-bond donors (Lipinski definition) is 0. The highest BCUT2D eigenvalue weighted by molar-refractivity contribution is 9.10. The minimum Gasteiger partial charge on any atom is -0.233 e. The van der Waals surface area contributed by atoms with Crippen LogP contribution in [-0.4, -0.2) is 4.98 Å². The first-order valence-electron chi connectivity index (χ1n) is 3.09. The Morgan fingerprint density at radius 3 is 2.73 bits per heavy atom. The maximum Gasteiger partial charge on any atom is 0.117 e. The van der Waals surface area contributed by atoms with Gasteiger partial charge in [-0.05, 0) is 29.8 Å². The van der Waals surface area contributed by atoms with E-state index in [9.17, 15) is 0 Å². The third-order valence-corrected chi connectivity index (χ3v) is 3.17. The van der Waals surface area contributed by atoms with Crippen LogP contribution in [-0.2, 0) is 5.41 Å². The summed E-state index contributed by atoms with van der Waals surface area (Å²) in [5, 5.41) is 11.5. The van der Waals surface area contributed by atoms with Gasteiger partial charge in [0.15, 0.2) is 0 Å². The van der Waals surface area contributed by atoms with E-state index in [1.165, 1.54) is 11.3 Å². The maximum atomic E-state index is 8.76. The number of nitrogens with zero attached hydrogens (tertiary/aromatic N) is 2. The SMILES string of the molecule is CC(C)(C#N)c1nc(Br)cs1. The van der Waals surface area contributed by atoms with Crippen molar-refractivity contribution in [2.45, 2.75) is 19.3 Å². The Morgan fingerprint density at radius 1 is 1.73 bits per heavy atom. The van der Waals surface area contributed by atoms with Crippen LogP contribution in [0.3, 0.4) is 0 Å². The van der Waals surface area contributed by atoms with Crippen molar-refractivity contribution in [2.24, 2.45) is 0 Å². The van der Waals surface area contributed by atoms with E-state index >= 15 is 0 Å². The molecule has 0 spiro atoms. The fourth-order valence-electron chi connectivity index (χ4n) is 0.589. The van der Waals surface area contributed by atoms with Gasteiger partial charge in [-0.15, -0.1) is 11.3 Å². The van der Waals surface area contributed by atoms with E-state index in [-0.39, 0.29) is 0 Å². The zero-order valence-corrected chi connectivity index (χ0v) is 8.66. The molecule has 4 heteroatoms. The second-order valence-corrected chi connectivity index (χ2v) is 4.38. The lowest BCUT2D eigenvalue weighted by Crippen LogP contribution is -2.12. The van der Waals surface area contributed by atoms with Crippen LogP contribution in [0.5, 0.6) is 0 Å². The van der Waals surface area contributed by atoms with Crippen molar-refractivity contribution in [1.29, 1.82) is 5.26 Å². The summed E-state index contributed by atoms with van der Waals surface area (Å²) in [6, 6.07) is 2.20. The van der Waals surface area contributed by atoms with Gasteiger partial charge in [0.1, 0.15) is 15.0 Å². The van der Waals surface area contributed by atoms with Crippen molar-refractivity contribution in [2.75, 3.05) is 0 Å². The molecular formula is C7H7BrN2S. The average molecular weight is 231 g/mol. The molecule has 1 rings (SSSR count). The highest BCUT2D eigenvalue weighted by Gasteiger charge is 2.23. The summed E-state index contributed by atoms with van der Waals surface area (Å²) in [5.41, 5.74) is -0.462. The van der Waals surface area contributed by atoms with E-state index in [0.717, 1.165) is 9.61 Å². The van der Waals surface area contributed by atoms with Gasteiger partial charge in [-0.2, -0.15) is 5.26 Å². The Hall–Kier alpha value is -0.400. The zero-order valence-electron chi connectivity index (χ0n) is 6.26. The topological polar surface area (TPSA) is 36.7 Å². The first-order valence-corrected chi connectivity index (χ1v) is 4.76. The molecule has 0 saturated carbocycles. The lowest BCUT2D eigenvalue weighted by molar-refractivity contribution is 0.678. The second-order valence-electron chi connectivity index (χ2n) is 2.71. The van der Waals surface area contributed by atoms with Gasteiger partial charge in [-0.1, -0.05) is 0 Å². The fourth-order valence-corrected chi connectivity index (χ4v) is 1.92. The van der Waals surface area contributed by atoms with Gasteiger partial charge in [-0.3, -0.25) is 0 Å². The summed E-state index contributed by atoms with van der Waals surface area (Å²) in [6.45, 7) is 3.72. The molecule has 1 aromatic heterocycles. The molecule has 0 aromatic carbocycles. The minimum absolute atomic E-state index is 0.462. The molecule has 1 heterocycles. The highest BCUT2D eigenvalue weighted by Crippen LogP contribution is 2.27. The molecule has 0 aliphatic carbocycles. The predicted molar refractivity (Wildman–Crippen MR) is 48.5 cm³/mol. The smallest absolute Gasteiger partial charge is 0.117 e. The number of rotatable bonds is 1. The van der Waals surface area contributed by atoms with E-state index in [4.69, 9.17) is 5.26 Å². The van der Waals surface area contributed by atoms with Crippen molar-refractivity contribution in [1.82, 2.24) is 4.98 Å². The van der Waals surface area contributed by atoms with Crippen molar-refractivity contribution in [3.05, 3.63) is 15.0 Å². The van der Waals surface area contributed by atoms with Crippen molar-refractivity contribution in [3.8, 4) is 6.07 Å². The van der Waals surface area contributed by atoms with E-state index < -0.39 is 5.41 Å². The van der Waals surface area contributed by atoms with E-state index in [1.54, 1.807) is 0 Å². The number of nitriles is 1. The largest absolute Gasteiger partial charge is 0.233 e. The molecule has 0 aliphatic rings. The lowest BCUT2D eigenvalue weighted by Gasteiger charge is -2.09. The third-order valence-electron chi connectivity index (χ3n) is 1.29. The number of halogens is 1. The van der Waals surface area contributed by atoms with Crippen LogP contribution in [0.1, 0.15) is 18.9 Å². The molecule has 0 saturated heterocycles. The van der Waals surface area contributed by atoms with Gasteiger partial charge in [-0.25, -0.2) is 4.98 Å². The molecule has 0 amide bonds. The molecule has 1 aromatic rings. The van der Waals surface area contributed by atoms with Crippen LogP contribution in [0.4, 0.5) is 0 Å². The predicted octanol–water partition coefficient (Wildman–Crippen LogP) is 2.71. The summed E-state index contributed by atoms with van der Waals surface area (Å²) in [6.07, 6.45) is 0. The van der Waals surface area contributed by atoms with Crippen molar-refractivity contribution < 1.29 is 0 Å². The van der Waals surface area contributed by atoms with Gasteiger partial charge in [0.25, 0.3) is 0 Å². The van der Waals surface area contributed by atoms with E-state index in [2.05, 4.69) is 27.0 Å². The van der Waals surface area contributed by atoms with Crippen molar-refractivity contribution in [3.63, 3.8) is 0 Å². The van der Waals surface area contributed by atoms with Crippen LogP contribution in [0.25, 0.3) is 0 Å². The number of aromatic nitrogens is 1. The number of thiazole rings is 1. The van der Waals surface area contributed by atoms with Gasteiger partial charge in [0.2, 0.25) is 0 Å². The molecule has 0 fully saturated rings. The van der Waals surface area contributed by atoms with E-state index in [0.29, 0.717) is 0 Å². The molecule has 0 radical (unpaired) electrons. The van der Waals surface area contributed by atoms with Gasteiger partial charge in [0, 0.05) is 5.38 Å². The second kappa shape index (κ2) is 2.92.